The summed E-state index contributed by atoms with van der Waals surface area (Å²) >= 11 is 5.89. The molecule has 0 aliphatic rings. The first-order valence-corrected chi connectivity index (χ1v) is 8.45. The zero-order valence-electron chi connectivity index (χ0n) is 14.2. The van der Waals surface area contributed by atoms with Gasteiger partial charge in [0.15, 0.2) is 0 Å². The van der Waals surface area contributed by atoms with Crippen LogP contribution in [0.25, 0.3) is 0 Å². The van der Waals surface area contributed by atoms with Crippen molar-refractivity contribution in [2.45, 2.75) is 6.10 Å². The maximum absolute atomic E-state index is 12.8. The Bertz CT molecular complexity index is 849. The number of amides is 1. The minimum absolute atomic E-state index is 0.269. The molecule has 26 heavy (non-hydrogen) atoms. The summed E-state index contributed by atoms with van der Waals surface area (Å²) in [6.07, 6.45) is -0.791. The smallest absolute Gasteiger partial charge is 0.270 e. The minimum Gasteiger partial charge on any atom is -0.497 e. The summed E-state index contributed by atoms with van der Waals surface area (Å²) in [7, 11) is 1.60. The standard InChI is InChI=1S/C21H18ClNO3/c1-25-18-11-13-19(14-12-18)26-20(15-5-3-2-4-6-15)21(24)23-17-9-7-16(22)8-10-17/h2-14,20H,1H3,(H,23,24). The van der Waals surface area contributed by atoms with Gasteiger partial charge < -0.3 is 14.8 Å². The van der Waals surface area contributed by atoms with Crippen LogP contribution in [0, 0.1) is 0 Å². The van der Waals surface area contributed by atoms with Gasteiger partial charge in [0.1, 0.15) is 11.5 Å². The van der Waals surface area contributed by atoms with E-state index < -0.39 is 6.10 Å². The summed E-state index contributed by atoms with van der Waals surface area (Å²) in [4.78, 5) is 12.8. The number of carbonyl (C=O) groups is 1. The quantitative estimate of drug-likeness (QED) is 0.658. The van der Waals surface area contributed by atoms with Gasteiger partial charge in [-0.25, -0.2) is 0 Å². The van der Waals surface area contributed by atoms with E-state index in [4.69, 9.17) is 21.1 Å². The molecule has 0 aromatic heterocycles. The SMILES string of the molecule is COc1ccc(OC(C(=O)Nc2ccc(Cl)cc2)c2ccccc2)cc1. The Labute approximate surface area is 157 Å². The Morgan fingerprint density at radius 2 is 1.50 bits per heavy atom. The number of halogens is 1. The van der Waals surface area contributed by atoms with E-state index in [1.54, 1.807) is 55.6 Å². The molecule has 132 valence electrons. The average molecular weight is 368 g/mol. The van der Waals surface area contributed by atoms with Gasteiger partial charge in [-0.05, 0) is 48.5 Å². The Hall–Kier alpha value is -2.98. The number of hydrogen-bond donors (Lipinski definition) is 1. The van der Waals surface area contributed by atoms with Crippen molar-refractivity contribution in [2.24, 2.45) is 0 Å². The van der Waals surface area contributed by atoms with E-state index in [1.807, 2.05) is 30.3 Å². The molecule has 0 fully saturated rings. The lowest BCUT2D eigenvalue weighted by molar-refractivity contribution is -0.123. The zero-order chi connectivity index (χ0) is 18.4. The summed E-state index contributed by atoms with van der Waals surface area (Å²) < 4.78 is 11.1. The number of benzene rings is 3. The van der Waals surface area contributed by atoms with Crippen molar-refractivity contribution in [3.8, 4) is 11.5 Å². The Morgan fingerprint density at radius 1 is 0.885 bits per heavy atom. The molecule has 0 radical (unpaired) electrons. The molecule has 1 atom stereocenters. The summed E-state index contributed by atoms with van der Waals surface area (Å²) in [6.45, 7) is 0. The van der Waals surface area contributed by atoms with Crippen molar-refractivity contribution in [3.63, 3.8) is 0 Å². The lowest BCUT2D eigenvalue weighted by Crippen LogP contribution is -2.25. The van der Waals surface area contributed by atoms with Crippen LogP contribution in [0.2, 0.25) is 5.02 Å². The predicted octanol–water partition coefficient (Wildman–Crippen LogP) is 5.11. The van der Waals surface area contributed by atoms with Crippen molar-refractivity contribution in [1.29, 1.82) is 0 Å². The molecule has 0 saturated carbocycles. The van der Waals surface area contributed by atoms with Gasteiger partial charge in [0.25, 0.3) is 5.91 Å². The van der Waals surface area contributed by atoms with Crippen LogP contribution in [-0.4, -0.2) is 13.0 Å². The molecule has 0 bridgehead atoms. The lowest BCUT2D eigenvalue weighted by atomic mass is 10.1. The van der Waals surface area contributed by atoms with E-state index in [0.29, 0.717) is 16.5 Å². The van der Waals surface area contributed by atoms with Gasteiger partial charge in [-0.1, -0.05) is 41.9 Å². The summed E-state index contributed by atoms with van der Waals surface area (Å²) in [5, 5.41) is 3.47. The van der Waals surface area contributed by atoms with Crippen molar-refractivity contribution >= 4 is 23.2 Å². The Morgan fingerprint density at radius 3 is 2.12 bits per heavy atom. The van der Waals surface area contributed by atoms with Gasteiger partial charge in [0.05, 0.1) is 7.11 Å². The van der Waals surface area contributed by atoms with Gasteiger partial charge in [-0.2, -0.15) is 0 Å². The van der Waals surface area contributed by atoms with Crippen molar-refractivity contribution < 1.29 is 14.3 Å². The van der Waals surface area contributed by atoms with Gasteiger partial charge in [-0.15, -0.1) is 0 Å². The molecule has 1 unspecified atom stereocenters. The van der Waals surface area contributed by atoms with Crippen LogP contribution in [0.15, 0.2) is 78.9 Å². The van der Waals surface area contributed by atoms with Crippen LogP contribution in [0.5, 0.6) is 11.5 Å². The van der Waals surface area contributed by atoms with Gasteiger partial charge in [0, 0.05) is 16.3 Å². The molecule has 3 aromatic carbocycles. The number of rotatable bonds is 6. The molecule has 0 aliphatic carbocycles. The van der Waals surface area contributed by atoms with E-state index in [-0.39, 0.29) is 5.91 Å². The lowest BCUT2D eigenvalue weighted by Gasteiger charge is -2.19. The van der Waals surface area contributed by atoms with Crippen molar-refractivity contribution in [2.75, 3.05) is 12.4 Å². The highest BCUT2D eigenvalue weighted by Crippen LogP contribution is 2.26. The first-order valence-electron chi connectivity index (χ1n) is 8.08. The maximum Gasteiger partial charge on any atom is 0.270 e. The largest absolute Gasteiger partial charge is 0.497 e. The van der Waals surface area contributed by atoms with Gasteiger partial charge in [-0.3, -0.25) is 4.79 Å². The molecule has 0 spiro atoms. The second-order valence-electron chi connectivity index (χ2n) is 5.58. The van der Waals surface area contributed by atoms with E-state index in [2.05, 4.69) is 5.32 Å². The van der Waals surface area contributed by atoms with Crippen LogP contribution in [0.1, 0.15) is 11.7 Å². The summed E-state index contributed by atoms with van der Waals surface area (Å²) in [5.41, 5.74) is 1.41. The summed E-state index contributed by atoms with van der Waals surface area (Å²) in [6, 6.07) is 23.4. The Balaban J connectivity index is 1.82. The second-order valence-corrected chi connectivity index (χ2v) is 6.02. The maximum atomic E-state index is 12.8. The fourth-order valence-electron chi connectivity index (χ4n) is 2.43. The fraction of sp³-hybridized carbons (Fsp3) is 0.0952. The highest BCUT2D eigenvalue weighted by molar-refractivity contribution is 6.30. The third-order valence-corrected chi connectivity index (χ3v) is 4.02. The molecule has 1 amide bonds. The molecule has 0 heterocycles. The second kappa shape index (κ2) is 8.41. The highest BCUT2D eigenvalue weighted by Gasteiger charge is 2.23. The monoisotopic (exact) mass is 367 g/mol. The number of ether oxygens (including phenoxy) is 2. The van der Waals surface area contributed by atoms with Crippen LogP contribution in [0.4, 0.5) is 5.69 Å². The average Bonchev–Trinajstić information content (AvgIpc) is 2.69. The first-order chi connectivity index (χ1) is 12.7. The van der Waals surface area contributed by atoms with Gasteiger partial charge >= 0.3 is 0 Å². The van der Waals surface area contributed by atoms with Crippen LogP contribution < -0.4 is 14.8 Å². The fourth-order valence-corrected chi connectivity index (χ4v) is 2.56. The molecular weight excluding hydrogens is 350 g/mol. The van der Waals surface area contributed by atoms with Gasteiger partial charge in [0.2, 0.25) is 6.10 Å². The number of anilines is 1. The number of hydrogen-bond acceptors (Lipinski definition) is 3. The molecule has 0 aliphatic heterocycles. The Kier molecular flexibility index (Phi) is 5.77. The number of nitrogens with one attached hydrogen (secondary N) is 1. The van der Waals surface area contributed by atoms with E-state index in [9.17, 15) is 4.79 Å². The number of methoxy groups -OCH3 is 1. The van der Waals surface area contributed by atoms with E-state index in [0.717, 1.165) is 11.3 Å². The van der Waals surface area contributed by atoms with Crippen LogP contribution in [-0.2, 0) is 4.79 Å². The summed E-state index contributed by atoms with van der Waals surface area (Å²) in [5.74, 6) is 1.03. The predicted molar refractivity (Wildman–Crippen MR) is 103 cm³/mol. The molecular formula is C21H18ClNO3. The van der Waals surface area contributed by atoms with Crippen LogP contribution >= 0.6 is 11.6 Å². The molecule has 5 heteroatoms. The van der Waals surface area contributed by atoms with E-state index in [1.165, 1.54) is 0 Å². The third-order valence-electron chi connectivity index (χ3n) is 3.77. The number of carbonyl (C=O) groups excluding carboxylic acids is 1. The highest BCUT2D eigenvalue weighted by atomic mass is 35.5. The first kappa shape index (κ1) is 17.8. The van der Waals surface area contributed by atoms with Crippen LogP contribution in [0.3, 0.4) is 0 Å². The third kappa shape index (κ3) is 4.55. The molecule has 0 saturated heterocycles. The molecule has 3 rings (SSSR count). The normalized spacial score (nSPS) is 11.5. The molecule has 1 N–H and O–H groups in total. The van der Waals surface area contributed by atoms with Crippen molar-refractivity contribution in [1.82, 2.24) is 0 Å². The van der Waals surface area contributed by atoms with Crippen molar-refractivity contribution in [3.05, 3.63) is 89.4 Å². The topological polar surface area (TPSA) is 47.6 Å². The minimum atomic E-state index is -0.791. The van der Waals surface area contributed by atoms with E-state index >= 15 is 0 Å². The molecule has 4 nitrogen and oxygen atoms in total. The molecule has 3 aromatic rings. The zero-order valence-corrected chi connectivity index (χ0v) is 14.9.